The molecule has 1 aliphatic rings. The normalized spacial score (nSPS) is 13.1. The van der Waals surface area contributed by atoms with Crippen LogP contribution < -0.4 is 14.2 Å². The first-order valence-electron chi connectivity index (χ1n) is 7.56. The summed E-state index contributed by atoms with van der Waals surface area (Å²) in [4.78, 5) is 12.3. The van der Waals surface area contributed by atoms with Gasteiger partial charge in [0.2, 0.25) is 0 Å². The summed E-state index contributed by atoms with van der Waals surface area (Å²) in [7, 11) is 1.59. The first-order chi connectivity index (χ1) is 11.7. The summed E-state index contributed by atoms with van der Waals surface area (Å²) in [6.45, 7) is 1.19. The fraction of sp³-hybridized carbons (Fsp3) is 0.278. The van der Waals surface area contributed by atoms with E-state index < -0.39 is 5.97 Å². The standard InChI is InChI=1S/C18H17ClO5/c1-21-14-5-2-4-12(8-14)11-24-18(20)13-9-15(19)17-16(10-13)22-6-3-7-23-17/h2,4-5,8-10H,3,6-7,11H2,1H3. The van der Waals surface area contributed by atoms with E-state index in [2.05, 4.69) is 0 Å². The minimum atomic E-state index is -0.477. The van der Waals surface area contributed by atoms with E-state index in [0.717, 1.165) is 12.0 Å². The maximum Gasteiger partial charge on any atom is 0.338 e. The van der Waals surface area contributed by atoms with Crippen LogP contribution >= 0.6 is 11.6 Å². The lowest BCUT2D eigenvalue weighted by atomic mass is 10.2. The molecular formula is C18H17ClO5. The Bertz CT molecular complexity index is 744. The van der Waals surface area contributed by atoms with E-state index in [4.69, 9.17) is 30.5 Å². The minimum Gasteiger partial charge on any atom is -0.497 e. The van der Waals surface area contributed by atoms with Gasteiger partial charge < -0.3 is 18.9 Å². The number of carbonyl (C=O) groups is 1. The quantitative estimate of drug-likeness (QED) is 0.785. The number of benzene rings is 2. The van der Waals surface area contributed by atoms with Gasteiger partial charge in [0.1, 0.15) is 12.4 Å². The Morgan fingerprint density at radius 2 is 2.04 bits per heavy atom. The average Bonchev–Trinajstić information content (AvgIpc) is 2.85. The van der Waals surface area contributed by atoms with Crippen LogP contribution in [0.4, 0.5) is 0 Å². The molecule has 0 atom stereocenters. The lowest BCUT2D eigenvalue weighted by Crippen LogP contribution is -2.06. The molecule has 0 amide bonds. The SMILES string of the molecule is COc1cccc(COC(=O)c2cc(Cl)c3c(c2)OCCCO3)c1. The van der Waals surface area contributed by atoms with Gasteiger partial charge in [0.25, 0.3) is 0 Å². The van der Waals surface area contributed by atoms with Gasteiger partial charge in [-0.15, -0.1) is 0 Å². The summed E-state index contributed by atoms with van der Waals surface area (Å²) in [5, 5.41) is 0.336. The zero-order chi connectivity index (χ0) is 16.9. The molecule has 2 aromatic carbocycles. The van der Waals surface area contributed by atoms with E-state index in [0.29, 0.717) is 41.0 Å². The van der Waals surface area contributed by atoms with Crippen LogP contribution in [0.5, 0.6) is 17.2 Å². The Balaban J connectivity index is 1.73. The molecule has 0 N–H and O–H groups in total. The lowest BCUT2D eigenvalue weighted by molar-refractivity contribution is 0.0472. The van der Waals surface area contributed by atoms with Gasteiger partial charge in [-0.1, -0.05) is 23.7 Å². The number of methoxy groups -OCH3 is 1. The number of ether oxygens (including phenoxy) is 4. The number of carbonyl (C=O) groups excluding carboxylic acids is 1. The van der Waals surface area contributed by atoms with Crippen molar-refractivity contribution in [3.63, 3.8) is 0 Å². The Morgan fingerprint density at radius 3 is 2.88 bits per heavy atom. The molecule has 1 heterocycles. The second kappa shape index (κ2) is 7.45. The summed E-state index contributed by atoms with van der Waals surface area (Å²) >= 11 is 6.19. The third-order valence-corrected chi connectivity index (χ3v) is 3.82. The summed E-state index contributed by atoms with van der Waals surface area (Å²) in [5.74, 6) is 1.17. The second-order valence-electron chi connectivity index (χ2n) is 5.26. The Hall–Kier alpha value is -2.40. The maximum atomic E-state index is 12.3. The van der Waals surface area contributed by atoms with Gasteiger partial charge in [-0.2, -0.15) is 0 Å². The van der Waals surface area contributed by atoms with E-state index in [1.807, 2.05) is 24.3 Å². The monoisotopic (exact) mass is 348 g/mol. The Morgan fingerprint density at radius 1 is 1.21 bits per heavy atom. The Labute approximate surface area is 145 Å². The van der Waals surface area contributed by atoms with Crippen molar-refractivity contribution in [2.75, 3.05) is 20.3 Å². The van der Waals surface area contributed by atoms with Gasteiger partial charge in [0.05, 0.1) is 30.9 Å². The van der Waals surface area contributed by atoms with Crippen LogP contribution in [0.1, 0.15) is 22.3 Å². The summed E-state index contributed by atoms with van der Waals surface area (Å²) < 4.78 is 21.6. The van der Waals surface area contributed by atoms with Crippen LogP contribution in [-0.2, 0) is 11.3 Å². The van der Waals surface area contributed by atoms with E-state index in [9.17, 15) is 4.79 Å². The van der Waals surface area contributed by atoms with Gasteiger partial charge in [-0.25, -0.2) is 4.79 Å². The second-order valence-corrected chi connectivity index (χ2v) is 5.67. The van der Waals surface area contributed by atoms with Gasteiger partial charge in [0, 0.05) is 6.42 Å². The predicted molar refractivity (Wildman–Crippen MR) is 89.2 cm³/mol. The molecule has 3 rings (SSSR count). The molecule has 0 bridgehead atoms. The largest absolute Gasteiger partial charge is 0.497 e. The van der Waals surface area contributed by atoms with Crippen molar-refractivity contribution >= 4 is 17.6 Å². The fourth-order valence-corrected chi connectivity index (χ4v) is 2.61. The number of fused-ring (bicyclic) bond motifs is 1. The smallest absolute Gasteiger partial charge is 0.338 e. The number of esters is 1. The van der Waals surface area contributed by atoms with E-state index in [1.165, 1.54) is 6.07 Å². The van der Waals surface area contributed by atoms with Crippen molar-refractivity contribution in [1.29, 1.82) is 0 Å². The molecule has 5 nitrogen and oxygen atoms in total. The van der Waals surface area contributed by atoms with Crippen molar-refractivity contribution in [2.45, 2.75) is 13.0 Å². The van der Waals surface area contributed by atoms with Crippen molar-refractivity contribution < 1.29 is 23.7 Å². The van der Waals surface area contributed by atoms with E-state index in [1.54, 1.807) is 13.2 Å². The molecule has 0 spiro atoms. The first-order valence-corrected chi connectivity index (χ1v) is 7.94. The molecule has 126 valence electrons. The molecule has 0 aliphatic carbocycles. The van der Waals surface area contributed by atoms with E-state index in [-0.39, 0.29) is 6.61 Å². The van der Waals surface area contributed by atoms with Crippen LogP contribution in [0.3, 0.4) is 0 Å². The highest BCUT2D eigenvalue weighted by molar-refractivity contribution is 6.32. The molecule has 0 aromatic heterocycles. The fourth-order valence-electron chi connectivity index (χ4n) is 2.34. The van der Waals surface area contributed by atoms with Gasteiger partial charge in [-0.3, -0.25) is 0 Å². The van der Waals surface area contributed by atoms with Crippen LogP contribution in [0.2, 0.25) is 5.02 Å². The third-order valence-electron chi connectivity index (χ3n) is 3.54. The van der Waals surface area contributed by atoms with Crippen molar-refractivity contribution in [3.8, 4) is 17.2 Å². The molecule has 6 heteroatoms. The van der Waals surface area contributed by atoms with Crippen molar-refractivity contribution in [2.24, 2.45) is 0 Å². The lowest BCUT2D eigenvalue weighted by Gasteiger charge is -2.11. The number of hydrogen-bond acceptors (Lipinski definition) is 5. The highest BCUT2D eigenvalue weighted by Gasteiger charge is 2.19. The van der Waals surface area contributed by atoms with E-state index >= 15 is 0 Å². The molecule has 1 aliphatic heterocycles. The topological polar surface area (TPSA) is 54.0 Å². The number of rotatable bonds is 4. The maximum absolute atomic E-state index is 12.3. The van der Waals surface area contributed by atoms with Gasteiger partial charge >= 0.3 is 5.97 Å². The Kier molecular flexibility index (Phi) is 5.11. The molecule has 0 unspecified atom stereocenters. The number of hydrogen-bond donors (Lipinski definition) is 0. The molecule has 0 radical (unpaired) electrons. The van der Waals surface area contributed by atoms with Gasteiger partial charge in [-0.05, 0) is 29.8 Å². The summed E-state index contributed by atoms with van der Waals surface area (Å²) in [6, 6.07) is 10.5. The van der Waals surface area contributed by atoms with Crippen LogP contribution in [0, 0.1) is 0 Å². The van der Waals surface area contributed by atoms with Gasteiger partial charge in [0.15, 0.2) is 11.5 Å². The number of halogens is 1. The average molecular weight is 349 g/mol. The van der Waals surface area contributed by atoms with Crippen LogP contribution in [0.15, 0.2) is 36.4 Å². The highest BCUT2D eigenvalue weighted by Crippen LogP contribution is 2.38. The molecule has 0 fully saturated rings. The predicted octanol–water partition coefficient (Wildman–Crippen LogP) is 3.87. The summed E-state index contributed by atoms with van der Waals surface area (Å²) in [5.41, 5.74) is 1.16. The van der Waals surface area contributed by atoms with Crippen molar-refractivity contribution in [1.82, 2.24) is 0 Å². The third kappa shape index (κ3) is 3.74. The molecular weight excluding hydrogens is 332 g/mol. The van der Waals surface area contributed by atoms with Crippen molar-refractivity contribution in [3.05, 3.63) is 52.5 Å². The van der Waals surface area contributed by atoms with Crippen LogP contribution in [-0.4, -0.2) is 26.3 Å². The zero-order valence-electron chi connectivity index (χ0n) is 13.2. The minimum absolute atomic E-state index is 0.141. The highest BCUT2D eigenvalue weighted by atomic mass is 35.5. The molecule has 0 saturated heterocycles. The first kappa shape index (κ1) is 16.5. The molecule has 24 heavy (non-hydrogen) atoms. The zero-order valence-corrected chi connectivity index (χ0v) is 14.0. The molecule has 2 aromatic rings. The molecule has 0 saturated carbocycles. The van der Waals surface area contributed by atoms with Crippen LogP contribution in [0.25, 0.3) is 0 Å². The summed E-state index contributed by atoms with van der Waals surface area (Å²) in [6.07, 6.45) is 0.765.